The predicted molar refractivity (Wildman–Crippen MR) is 78.1 cm³/mol. The van der Waals surface area contributed by atoms with E-state index < -0.39 is 5.82 Å². The Morgan fingerprint density at radius 2 is 1.81 bits per heavy atom. The molecule has 0 aliphatic rings. The molecule has 21 heavy (non-hydrogen) atoms. The first-order valence-electron chi connectivity index (χ1n) is 6.15. The molecule has 0 heterocycles. The van der Waals surface area contributed by atoms with Crippen LogP contribution in [0.15, 0.2) is 53.7 Å². The Morgan fingerprint density at radius 1 is 1.19 bits per heavy atom. The minimum absolute atomic E-state index is 0.0932. The number of benzene rings is 2. The maximum Gasteiger partial charge on any atom is 0.258 e. The third-order valence-corrected chi connectivity index (χ3v) is 3.04. The lowest BCUT2D eigenvalue weighted by molar-refractivity contribution is 0.0993. The maximum absolute atomic E-state index is 12.9. The number of halogens is 1. The van der Waals surface area contributed by atoms with Crippen LogP contribution < -0.4 is 10.6 Å². The zero-order valence-electron chi connectivity index (χ0n) is 11.3. The summed E-state index contributed by atoms with van der Waals surface area (Å²) in [6.45, 7) is 0. The molecule has 0 atom stereocenters. The van der Waals surface area contributed by atoms with Crippen molar-refractivity contribution in [2.24, 2.45) is 10.9 Å². The molecule has 2 rings (SSSR count). The van der Waals surface area contributed by atoms with Gasteiger partial charge in [-0.15, -0.1) is 0 Å². The second-order valence-corrected chi connectivity index (χ2v) is 4.37. The maximum atomic E-state index is 12.9. The van der Waals surface area contributed by atoms with E-state index in [2.05, 4.69) is 5.16 Å². The van der Waals surface area contributed by atoms with Gasteiger partial charge in [0.2, 0.25) is 0 Å². The Bertz CT molecular complexity index is 684. The number of carbonyl (C=O) groups excluding carboxylic acids is 1. The molecule has 0 unspecified atom stereocenters. The molecule has 0 fully saturated rings. The summed E-state index contributed by atoms with van der Waals surface area (Å²) in [4.78, 5) is 13.7. The average molecular weight is 287 g/mol. The Hall–Kier alpha value is -2.89. The van der Waals surface area contributed by atoms with Gasteiger partial charge in [0, 0.05) is 18.2 Å². The monoisotopic (exact) mass is 287 g/mol. The van der Waals surface area contributed by atoms with Gasteiger partial charge in [-0.25, -0.2) is 4.39 Å². The van der Waals surface area contributed by atoms with Crippen molar-refractivity contribution in [1.82, 2.24) is 0 Å². The number of carbonyl (C=O) groups is 1. The number of nitrogens with zero attached hydrogens (tertiary/aromatic N) is 2. The van der Waals surface area contributed by atoms with Crippen molar-refractivity contribution in [3.8, 4) is 0 Å². The molecule has 0 bridgehead atoms. The van der Waals surface area contributed by atoms with Crippen LogP contribution in [0.3, 0.4) is 0 Å². The number of rotatable bonds is 3. The molecular formula is C15H14FN3O2. The molecule has 0 radical (unpaired) electrons. The van der Waals surface area contributed by atoms with E-state index in [0.717, 1.165) is 0 Å². The standard InChI is InChI=1S/C15H14FN3O2/c1-19(15(20)10-6-8-11(16)9-7-10)13-5-3-2-4-12(13)14(17)18-21/h2-9,21H,1H3,(H2,17,18). The number of amidine groups is 1. The third-order valence-electron chi connectivity index (χ3n) is 3.04. The number of anilines is 1. The third kappa shape index (κ3) is 3.00. The average Bonchev–Trinajstić information content (AvgIpc) is 2.53. The SMILES string of the molecule is CN(C(=O)c1ccc(F)cc1)c1ccccc1/C(N)=N/O. The molecule has 0 aliphatic heterocycles. The highest BCUT2D eigenvalue weighted by molar-refractivity contribution is 6.10. The van der Waals surface area contributed by atoms with Gasteiger partial charge in [0.1, 0.15) is 5.82 Å². The number of nitrogens with two attached hydrogens (primary N) is 1. The summed E-state index contributed by atoms with van der Waals surface area (Å²) in [5, 5.41) is 11.8. The van der Waals surface area contributed by atoms with Crippen molar-refractivity contribution >= 4 is 17.4 Å². The van der Waals surface area contributed by atoms with Gasteiger partial charge in [0.05, 0.1) is 5.69 Å². The second-order valence-electron chi connectivity index (χ2n) is 4.37. The fraction of sp³-hybridized carbons (Fsp3) is 0.0667. The second kappa shape index (κ2) is 6.04. The van der Waals surface area contributed by atoms with E-state index in [1.165, 1.54) is 29.2 Å². The largest absolute Gasteiger partial charge is 0.409 e. The number of oxime groups is 1. The number of hydrogen-bond acceptors (Lipinski definition) is 3. The van der Waals surface area contributed by atoms with E-state index in [-0.39, 0.29) is 11.7 Å². The summed E-state index contributed by atoms with van der Waals surface area (Å²) in [5.41, 5.74) is 6.86. The molecule has 0 spiro atoms. The molecule has 0 saturated heterocycles. The van der Waals surface area contributed by atoms with Crippen molar-refractivity contribution in [1.29, 1.82) is 0 Å². The van der Waals surface area contributed by atoms with E-state index >= 15 is 0 Å². The molecule has 2 aromatic carbocycles. The quantitative estimate of drug-likeness (QED) is 0.393. The first-order valence-corrected chi connectivity index (χ1v) is 6.15. The van der Waals surface area contributed by atoms with Gasteiger partial charge in [-0.2, -0.15) is 0 Å². The highest BCUT2D eigenvalue weighted by Crippen LogP contribution is 2.21. The summed E-state index contributed by atoms with van der Waals surface area (Å²) < 4.78 is 12.9. The van der Waals surface area contributed by atoms with Gasteiger partial charge < -0.3 is 15.8 Å². The summed E-state index contributed by atoms with van der Waals surface area (Å²) in [6, 6.07) is 12.0. The number of amides is 1. The zero-order chi connectivity index (χ0) is 15.4. The minimum atomic E-state index is -0.411. The minimum Gasteiger partial charge on any atom is -0.409 e. The number of para-hydroxylation sites is 1. The van der Waals surface area contributed by atoms with E-state index in [4.69, 9.17) is 10.9 Å². The normalized spacial score (nSPS) is 11.2. The Labute approximate surface area is 121 Å². The van der Waals surface area contributed by atoms with Crippen LogP contribution in [-0.2, 0) is 0 Å². The molecule has 5 nitrogen and oxygen atoms in total. The lowest BCUT2D eigenvalue weighted by atomic mass is 10.1. The lowest BCUT2D eigenvalue weighted by Crippen LogP contribution is -2.29. The van der Waals surface area contributed by atoms with Gasteiger partial charge >= 0.3 is 0 Å². The van der Waals surface area contributed by atoms with E-state index in [0.29, 0.717) is 16.8 Å². The zero-order valence-corrected chi connectivity index (χ0v) is 11.3. The van der Waals surface area contributed by atoms with Crippen LogP contribution >= 0.6 is 0 Å². The highest BCUT2D eigenvalue weighted by atomic mass is 19.1. The van der Waals surface area contributed by atoms with Crippen molar-refractivity contribution in [2.75, 3.05) is 11.9 Å². The van der Waals surface area contributed by atoms with Gasteiger partial charge in [-0.3, -0.25) is 4.79 Å². The van der Waals surface area contributed by atoms with Crippen LogP contribution in [-0.4, -0.2) is 24.0 Å². The van der Waals surface area contributed by atoms with Crippen LogP contribution in [0.2, 0.25) is 0 Å². The summed E-state index contributed by atoms with van der Waals surface area (Å²) in [5.74, 6) is -0.830. The Morgan fingerprint density at radius 3 is 2.43 bits per heavy atom. The predicted octanol–water partition coefficient (Wildman–Crippen LogP) is 2.20. The van der Waals surface area contributed by atoms with Crippen molar-refractivity contribution in [2.45, 2.75) is 0 Å². The highest BCUT2D eigenvalue weighted by Gasteiger charge is 2.17. The van der Waals surface area contributed by atoms with E-state index in [1.807, 2.05) is 0 Å². The summed E-state index contributed by atoms with van der Waals surface area (Å²) in [7, 11) is 1.56. The molecule has 3 N–H and O–H groups in total. The lowest BCUT2D eigenvalue weighted by Gasteiger charge is -2.20. The first kappa shape index (κ1) is 14.5. The molecule has 0 aliphatic carbocycles. The van der Waals surface area contributed by atoms with E-state index in [1.54, 1.807) is 31.3 Å². The fourth-order valence-corrected chi connectivity index (χ4v) is 1.93. The molecule has 0 aromatic heterocycles. The van der Waals surface area contributed by atoms with E-state index in [9.17, 15) is 9.18 Å². The van der Waals surface area contributed by atoms with Gasteiger partial charge in [0.15, 0.2) is 5.84 Å². The molecule has 108 valence electrons. The molecular weight excluding hydrogens is 273 g/mol. The topological polar surface area (TPSA) is 78.9 Å². The smallest absolute Gasteiger partial charge is 0.258 e. The van der Waals surface area contributed by atoms with Crippen molar-refractivity contribution in [3.05, 3.63) is 65.5 Å². The fourth-order valence-electron chi connectivity index (χ4n) is 1.93. The van der Waals surface area contributed by atoms with Crippen molar-refractivity contribution in [3.63, 3.8) is 0 Å². The molecule has 2 aromatic rings. The van der Waals surface area contributed by atoms with Crippen LogP contribution in [0.25, 0.3) is 0 Å². The van der Waals surface area contributed by atoms with Gasteiger partial charge in [-0.1, -0.05) is 17.3 Å². The van der Waals surface area contributed by atoms with Crippen LogP contribution in [0.5, 0.6) is 0 Å². The summed E-state index contributed by atoms with van der Waals surface area (Å²) >= 11 is 0. The first-order chi connectivity index (χ1) is 10.0. The van der Waals surface area contributed by atoms with Crippen LogP contribution in [0.4, 0.5) is 10.1 Å². The van der Waals surface area contributed by atoms with Crippen molar-refractivity contribution < 1.29 is 14.4 Å². The Balaban J connectivity index is 2.38. The summed E-state index contributed by atoms with van der Waals surface area (Å²) in [6.07, 6.45) is 0. The number of hydrogen-bond donors (Lipinski definition) is 2. The molecule has 0 saturated carbocycles. The van der Waals surface area contributed by atoms with Crippen LogP contribution in [0, 0.1) is 5.82 Å². The molecule has 1 amide bonds. The Kier molecular flexibility index (Phi) is 4.18. The molecule has 6 heteroatoms. The van der Waals surface area contributed by atoms with Gasteiger partial charge in [-0.05, 0) is 36.4 Å². The van der Waals surface area contributed by atoms with Gasteiger partial charge in [0.25, 0.3) is 5.91 Å². The van der Waals surface area contributed by atoms with Crippen LogP contribution in [0.1, 0.15) is 15.9 Å².